The summed E-state index contributed by atoms with van der Waals surface area (Å²) in [6, 6.07) is 23.3. The number of carbonyl (C=O) groups excluding carboxylic acids is 1. The van der Waals surface area contributed by atoms with Crippen LogP contribution in [0.15, 0.2) is 79.1 Å². The zero-order valence-corrected chi connectivity index (χ0v) is 22.6. The molecular formula is C32H38ClN3O. The molecule has 0 bridgehead atoms. The number of Topliss-reactive ketones (excluding diaryl/α,β-unsaturated/α-hetero) is 1. The molecule has 1 N–H and O–H groups in total. The van der Waals surface area contributed by atoms with E-state index >= 15 is 0 Å². The Kier molecular flexibility index (Phi) is 9.54. The predicted molar refractivity (Wildman–Crippen MR) is 155 cm³/mol. The van der Waals surface area contributed by atoms with Crippen molar-refractivity contribution in [2.24, 2.45) is 5.92 Å². The lowest BCUT2D eigenvalue weighted by Gasteiger charge is -2.22. The van der Waals surface area contributed by atoms with Crippen molar-refractivity contribution in [3.63, 3.8) is 0 Å². The fourth-order valence-corrected chi connectivity index (χ4v) is 5.71. The average Bonchev–Trinajstić information content (AvgIpc) is 3.26. The van der Waals surface area contributed by atoms with Gasteiger partial charge in [-0.3, -0.25) is 4.79 Å². The molecule has 4 aromatic rings. The maximum atomic E-state index is 13.3. The number of carbonyl (C=O) groups is 1. The van der Waals surface area contributed by atoms with E-state index in [0.29, 0.717) is 18.6 Å². The van der Waals surface area contributed by atoms with E-state index in [9.17, 15) is 4.79 Å². The van der Waals surface area contributed by atoms with Gasteiger partial charge in [0.05, 0.1) is 0 Å². The lowest BCUT2D eigenvalue weighted by atomic mass is 9.85. The summed E-state index contributed by atoms with van der Waals surface area (Å²) in [6.45, 7) is 5.13. The van der Waals surface area contributed by atoms with Crippen molar-refractivity contribution in [1.29, 1.82) is 0 Å². The molecule has 5 rings (SSSR count). The van der Waals surface area contributed by atoms with E-state index in [1.54, 1.807) is 0 Å². The molecule has 1 aliphatic rings. The minimum absolute atomic E-state index is 0. The average molecular weight is 516 g/mol. The number of pyridine rings is 1. The summed E-state index contributed by atoms with van der Waals surface area (Å²) < 4.78 is 2.24. The van der Waals surface area contributed by atoms with Crippen molar-refractivity contribution in [3.05, 3.63) is 101 Å². The van der Waals surface area contributed by atoms with Crippen molar-refractivity contribution >= 4 is 29.2 Å². The molecule has 4 nitrogen and oxygen atoms in total. The quantitative estimate of drug-likeness (QED) is 0.245. The highest BCUT2D eigenvalue weighted by Gasteiger charge is 2.24. The van der Waals surface area contributed by atoms with Crippen LogP contribution in [0.25, 0.3) is 11.0 Å². The molecule has 1 fully saturated rings. The Morgan fingerprint density at radius 2 is 1.86 bits per heavy atom. The number of ketones is 1. The van der Waals surface area contributed by atoms with Crippen LogP contribution in [0.1, 0.15) is 66.7 Å². The SMILES string of the molecule is Cc1cccc(C(CC(=O)CCCC2CCNCC2)c2cn(Cc3ccccc3)c3ncccc23)c1.Cl. The Labute approximate surface area is 226 Å². The van der Waals surface area contributed by atoms with Crippen molar-refractivity contribution in [3.8, 4) is 0 Å². The maximum Gasteiger partial charge on any atom is 0.140 e. The number of hydrogen-bond donors (Lipinski definition) is 1. The highest BCUT2D eigenvalue weighted by atomic mass is 35.5. The maximum absolute atomic E-state index is 13.3. The molecule has 1 atom stereocenters. The van der Waals surface area contributed by atoms with Crippen LogP contribution in [0, 0.1) is 12.8 Å². The molecule has 2 aromatic carbocycles. The van der Waals surface area contributed by atoms with Crippen LogP contribution in [0.2, 0.25) is 0 Å². The minimum atomic E-state index is 0. The van der Waals surface area contributed by atoms with Gasteiger partial charge in [-0.15, -0.1) is 12.4 Å². The van der Waals surface area contributed by atoms with E-state index in [0.717, 1.165) is 43.0 Å². The van der Waals surface area contributed by atoms with E-state index in [1.807, 2.05) is 18.3 Å². The highest BCUT2D eigenvalue weighted by Crippen LogP contribution is 2.35. The highest BCUT2D eigenvalue weighted by molar-refractivity contribution is 5.85. The van der Waals surface area contributed by atoms with Crippen LogP contribution < -0.4 is 5.32 Å². The van der Waals surface area contributed by atoms with Crippen LogP contribution in [0.5, 0.6) is 0 Å². The second kappa shape index (κ2) is 13.0. The van der Waals surface area contributed by atoms with Gasteiger partial charge in [-0.25, -0.2) is 4.98 Å². The van der Waals surface area contributed by atoms with E-state index in [1.165, 1.54) is 41.5 Å². The first-order valence-corrected chi connectivity index (χ1v) is 13.4. The summed E-state index contributed by atoms with van der Waals surface area (Å²) in [4.78, 5) is 18.1. The fraction of sp³-hybridized carbons (Fsp3) is 0.375. The second-order valence-electron chi connectivity index (χ2n) is 10.4. The molecule has 0 amide bonds. The van der Waals surface area contributed by atoms with E-state index in [-0.39, 0.29) is 18.3 Å². The van der Waals surface area contributed by atoms with Crippen LogP contribution in [0.3, 0.4) is 0 Å². The number of aromatic nitrogens is 2. The summed E-state index contributed by atoms with van der Waals surface area (Å²) in [5.41, 5.74) is 5.86. The summed E-state index contributed by atoms with van der Waals surface area (Å²) in [5.74, 6) is 1.16. The minimum Gasteiger partial charge on any atom is -0.328 e. The third-order valence-electron chi connectivity index (χ3n) is 7.64. The standard InChI is InChI=1S/C32H37N3O.ClH/c1-24-8-5-12-27(20-24)30(21-28(36)13-6-11-25-15-18-33-19-16-25)31-23-35(22-26-9-3-2-4-10-26)32-29(31)14-7-17-34-32;/h2-5,7-10,12,14,17,20,23,25,30,33H,6,11,13,15-16,18-19,21-22H2,1H3;1H. The summed E-state index contributed by atoms with van der Waals surface area (Å²) in [5, 5.41) is 4.58. The normalized spacial score (nSPS) is 14.8. The Hall–Kier alpha value is -2.95. The van der Waals surface area contributed by atoms with Gasteiger partial charge in [0.2, 0.25) is 0 Å². The summed E-state index contributed by atoms with van der Waals surface area (Å²) in [7, 11) is 0. The van der Waals surface area contributed by atoms with E-state index in [4.69, 9.17) is 4.98 Å². The van der Waals surface area contributed by atoms with E-state index in [2.05, 4.69) is 77.6 Å². The number of hydrogen-bond acceptors (Lipinski definition) is 3. The predicted octanol–water partition coefficient (Wildman–Crippen LogP) is 7.08. The second-order valence-corrected chi connectivity index (χ2v) is 10.4. The van der Waals surface area contributed by atoms with Gasteiger partial charge in [-0.05, 0) is 80.4 Å². The molecule has 3 heterocycles. The Morgan fingerprint density at radius 3 is 2.65 bits per heavy atom. The number of piperidine rings is 1. The molecule has 0 radical (unpaired) electrons. The zero-order chi connectivity index (χ0) is 24.7. The van der Waals surface area contributed by atoms with Crippen molar-refractivity contribution < 1.29 is 4.79 Å². The zero-order valence-electron chi connectivity index (χ0n) is 21.7. The van der Waals surface area contributed by atoms with Gasteiger partial charge in [0.15, 0.2) is 0 Å². The number of halogens is 1. The number of aryl methyl sites for hydroxylation is 1. The third-order valence-corrected chi connectivity index (χ3v) is 7.64. The van der Waals surface area contributed by atoms with Crippen molar-refractivity contribution in [2.45, 2.75) is 57.9 Å². The molecule has 194 valence electrons. The Morgan fingerprint density at radius 1 is 1.05 bits per heavy atom. The van der Waals surface area contributed by atoms with Gasteiger partial charge < -0.3 is 9.88 Å². The lowest BCUT2D eigenvalue weighted by molar-refractivity contribution is -0.119. The molecule has 37 heavy (non-hydrogen) atoms. The van der Waals surface area contributed by atoms with Crippen LogP contribution in [-0.4, -0.2) is 28.4 Å². The van der Waals surface area contributed by atoms with Gasteiger partial charge in [0.1, 0.15) is 11.4 Å². The molecule has 0 saturated carbocycles. The molecule has 1 aliphatic heterocycles. The lowest BCUT2D eigenvalue weighted by Crippen LogP contribution is -2.27. The van der Waals surface area contributed by atoms with Crippen LogP contribution >= 0.6 is 12.4 Å². The first-order valence-electron chi connectivity index (χ1n) is 13.4. The Bertz CT molecular complexity index is 1290. The number of nitrogens with one attached hydrogen (secondary N) is 1. The molecule has 0 spiro atoms. The first-order chi connectivity index (χ1) is 17.7. The number of rotatable bonds is 10. The topological polar surface area (TPSA) is 46.9 Å². The molecule has 1 unspecified atom stereocenters. The number of benzene rings is 2. The fourth-order valence-electron chi connectivity index (χ4n) is 5.71. The van der Waals surface area contributed by atoms with Crippen LogP contribution in [0.4, 0.5) is 0 Å². The van der Waals surface area contributed by atoms with Gasteiger partial charge in [-0.1, -0.05) is 60.2 Å². The van der Waals surface area contributed by atoms with Crippen molar-refractivity contribution in [2.75, 3.05) is 13.1 Å². The number of nitrogens with zero attached hydrogens (tertiary/aromatic N) is 2. The summed E-state index contributed by atoms with van der Waals surface area (Å²) in [6.07, 6.45) is 9.97. The molecule has 2 aromatic heterocycles. The van der Waals surface area contributed by atoms with Crippen LogP contribution in [-0.2, 0) is 11.3 Å². The Balaban J connectivity index is 0.00000320. The monoisotopic (exact) mass is 515 g/mol. The number of fused-ring (bicyclic) bond motifs is 1. The molecular weight excluding hydrogens is 478 g/mol. The molecule has 5 heteroatoms. The van der Waals surface area contributed by atoms with Gasteiger partial charge in [-0.2, -0.15) is 0 Å². The molecule has 0 aliphatic carbocycles. The van der Waals surface area contributed by atoms with E-state index < -0.39 is 0 Å². The smallest absolute Gasteiger partial charge is 0.140 e. The summed E-state index contributed by atoms with van der Waals surface area (Å²) >= 11 is 0. The van der Waals surface area contributed by atoms with Crippen molar-refractivity contribution in [1.82, 2.24) is 14.9 Å². The van der Waals surface area contributed by atoms with Gasteiger partial charge >= 0.3 is 0 Å². The largest absolute Gasteiger partial charge is 0.328 e. The van der Waals surface area contributed by atoms with Gasteiger partial charge in [0.25, 0.3) is 0 Å². The first kappa shape index (κ1) is 27.1. The molecule has 1 saturated heterocycles. The van der Waals surface area contributed by atoms with Gasteiger partial charge in [0, 0.05) is 43.1 Å². The third kappa shape index (κ3) is 6.88.